The van der Waals surface area contributed by atoms with Crippen LogP contribution in [0.4, 0.5) is 0 Å². The number of hydrogen-bond acceptors (Lipinski definition) is 8. The minimum Gasteiger partial charge on any atom is -0.477 e. The maximum Gasteiger partial charge on any atom is 0.364 e. The standard InChI is InChI=1S/C25H37NO8/c1-8-15(4)22(28)32-20-12-11-19(13-21(20)33-23(29)16(5)9-2)14-25(24(30)31,34-18(7)27)26-17(6)10-3/h11-13,15-17,26H,8-10,14H2,1-7H3,(H,30,31)/t15?,16?,17?,25-/m0/s1. The number of carbonyl (C=O) groups is 4. The Labute approximate surface area is 201 Å². The van der Waals surface area contributed by atoms with E-state index < -0.39 is 35.5 Å². The Morgan fingerprint density at radius 2 is 1.44 bits per heavy atom. The number of aliphatic carboxylic acids is 1. The molecule has 0 saturated carbocycles. The van der Waals surface area contributed by atoms with Crippen LogP contribution in [-0.2, 0) is 30.3 Å². The molecule has 0 aromatic heterocycles. The Balaban J connectivity index is 3.45. The van der Waals surface area contributed by atoms with E-state index in [0.717, 1.165) is 6.92 Å². The van der Waals surface area contributed by atoms with Crippen LogP contribution in [0.2, 0.25) is 0 Å². The molecular weight excluding hydrogens is 442 g/mol. The molecule has 0 aliphatic heterocycles. The van der Waals surface area contributed by atoms with Crippen LogP contribution < -0.4 is 14.8 Å². The Kier molecular flexibility index (Phi) is 11.2. The predicted molar refractivity (Wildman–Crippen MR) is 125 cm³/mol. The van der Waals surface area contributed by atoms with Crippen molar-refractivity contribution >= 4 is 23.9 Å². The summed E-state index contributed by atoms with van der Waals surface area (Å²) in [5, 5.41) is 12.8. The highest BCUT2D eigenvalue weighted by atomic mass is 16.6. The van der Waals surface area contributed by atoms with Crippen molar-refractivity contribution in [3.05, 3.63) is 23.8 Å². The highest BCUT2D eigenvalue weighted by Gasteiger charge is 2.43. The Bertz CT molecular complexity index is 884. The molecule has 1 rings (SSSR count). The van der Waals surface area contributed by atoms with Gasteiger partial charge in [-0.15, -0.1) is 0 Å². The number of nitrogens with one attached hydrogen (secondary N) is 1. The van der Waals surface area contributed by atoms with Crippen molar-refractivity contribution in [3.8, 4) is 11.5 Å². The van der Waals surface area contributed by atoms with Gasteiger partial charge in [-0.25, -0.2) is 4.79 Å². The van der Waals surface area contributed by atoms with Gasteiger partial charge >= 0.3 is 23.9 Å². The zero-order valence-electron chi connectivity index (χ0n) is 21.1. The van der Waals surface area contributed by atoms with Gasteiger partial charge in [0.15, 0.2) is 11.5 Å². The van der Waals surface area contributed by atoms with Crippen molar-refractivity contribution in [2.24, 2.45) is 11.8 Å². The molecule has 0 fully saturated rings. The van der Waals surface area contributed by atoms with E-state index in [1.807, 2.05) is 20.8 Å². The topological polar surface area (TPSA) is 128 Å². The molecule has 34 heavy (non-hydrogen) atoms. The van der Waals surface area contributed by atoms with Crippen LogP contribution in [-0.4, -0.2) is 40.8 Å². The van der Waals surface area contributed by atoms with Gasteiger partial charge in [-0.3, -0.25) is 19.7 Å². The van der Waals surface area contributed by atoms with Gasteiger partial charge in [-0.1, -0.05) is 40.7 Å². The van der Waals surface area contributed by atoms with Crippen molar-refractivity contribution in [2.45, 2.75) is 85.9 Å². The Morgan fingerprint density at radius 3 is 1.88 bits per heavy atom. The van der Waals surface area contributed by atoms with Gasteiger partial charge in [-0.2, -0.15) is 0 Å². The number of esters is 3. The largest absolute Gasteiger partial charge is 0.477 e. The summed E-state index contributed by atoms with van der Waals surface area (Å²) in [5.74, 6) is -3.83. The maximum atomic E-state index is 12.5. The second kappa shape index (κ2) is 13.1. The molecule has 0 heterocycles. The van der Waals surface area contributed by atoms with Crippen molar-refractivity contribution in [1.82, 2.24) is 5.32 Å². The molecule has 9 heteroatoms. The van der Waals surface area contributed by atoms with Crippen molar-refractivity contribution in [1.29, 1.82) is 0 Å². The third-order valence-corrected chi connectivity index (χ3v) is 5.67. The number of ether oxygens (including phenoxy) is 3. The average Bonchev–Trinajstić information content (AvgIpc) is 2.78. The van der Waals surface area contributed by atoms with Gasteiger partial charge in [0.05, 0.1) is 11.8 Å². The fourth-order valence-electron chi connectivity index (χ4n) is 2.91. The minimum absolute atomic E-state index is 0.00916. The molecule has 0 saturated heterocycles. The lowest BCUT2D eigenvalue weighted by atomic mass is 10.00. The van der Waals surface area contributed by atoms with Crippen LogP contribution in [0, 0.1) is 11.8 Å². The van der Waals surface area contributed by atoms with E-state index in [1.165, 1.54) is 12.1 Å². The van der Waals surface area contributed by atoms with E-state index in [-0.39, 0.29) is 29.9 Å². The van der Waals surface area contributed by atoms with E-state index in [4.69, 9.17) is 14.2 Å². The highest BCUT2D eigenvalue weighted by Crippen LogP contribution is 2.32. The average molecular weight is 480 g/mol. The van der Waals surface area contributed by atoms with Crippen LogP contribution in [0.25, 0.3) is 0 Å². The Morgan fingerprint density at radius 1 is 0.912 bits per heavy atom. The molecule has 2 N–H and O–H groups in total. The monoisotopic (exact) mass is 479 g/mol. The summed E-state index contributed by atoms with van der Waals surface area (Å²) in [4.78, 5) is 48.8. The third kappa shape index (κ3) is 8.13. The summed E-state index contributed by atoms with van der Waals surface area (Å²) in [5.41, 5.74) is -1.64. The van der Waals surface area contributed by atoms with E-state index in [1.54, 1.807) is 26.8 Å². The zero-order valence-corrected chi connectivity index (χ0v) is 21.1. The van der Waals surface area contributed by atoms with Crippen molar-refractivity contribution < 1.29 is 38.5 Å². The molecular formula is C25H37NO8. The van der Waals surface area contributed by atoms with Gasteiger partial charge in [-0.05, 0) is 43.9 Å². The number of hydrogen-bond donors (Lipinski definition) is 2. The number of rotatable bonds is 13. The Hall–Kier alpha value is -2.94. The van der Waals surface area contributed by atoms with Gasteiger partial charge in [0, 0.05) is 19.4 Å². The summed E-state index contributed by atoms with van der Waals surface area (Å²) >= 11 is 0. The normalized spacial score (nSPS) is 15.4. The molecule has 0 amide bonds. The second-order valence-electron chi connectivity index (χ2n) is 8.60. The van der Waals surface area contributed by atoms with E-state index in [0.29, 0.717) is 24.8 Å². The summed E-state index contributed by atoms with van der Waals surface area (Å²) in [6.07, 6.45) is 1.47. The van der Waals surface area contributed by atoms with Crippen LogP contribution in [0.15, 0.2) is 18.2 Å². The van der Waals surface area contributed by atoms with E-state index >= 15 is 0 Å². The molecule has 1 aromatic carbocycles. The molecule has 0 spiro atoms. The lowest BCUT2D eigenvalue weighted by Crippen LogP contribution is -2.59. The molecule has 0 bridgehead atoms. The van der Waals surface area contributed by atoms with Crippen molar-refractivity contribution in [3.63, 3.8) is 0 Å². The first-order chi connectivity index (χ1) is 15.9. The fraction of sp³-hybridized carbons (Fsp3) is 0.600. The molecule has 0 aliphatic rings. The zero-order chi connectivity index (χ0) is 26.1. The number of carboxylic acids is 1. The van der Waals surface area contributed by atoms with Crippen LogP contribution in [0.5, 0.6) is 11.5 Å². The summed E-state index contributed by atoms with van der Waals surface area (Å²) in [7, 11) is 0. The second-order valence-corrected chi connectivity index (χ2v) is 8.60. The minimum atomic E-state index is -2.03. The SMILES string of the molecule is CCC(C)N[C@@](Cc1ccc(OC(=O)C(C)CC)c(OC(=O)C(C)CC)c1)(OC(C)=O)C(=O)O. The van der Waals surface area contributed by atoms with Crippen LogP contribution >= 0.6 is 0 Å². The summed E-state index contributed by atoms with van der Waals surface area (Å²) in [6, 6.07) is 4.14. The molecule has 190 valence electrons. The first-order valence-corrected chi connectivity index (χ1v) is 11.7. The summed E-state index contributed by atoms with van der Waals surface area (Å²) < 4.78 is 16.2. The molecule has 9 nitrogen and oxygen atoms in total. The molecule has 0 radical (unpaired) electrons. The number of carbonyl (C=O) groups excluding carboxylic acids is 3. The maximum absolute atomic E-state index is 12.5. The predicted octanol–water partition coefficient (Wildman–Crippen LogP) is 3.86. The highest BCUT2D eigenvalue weighted by molar-refractivity contribution is 5.82. The lowest BCUT2D eigenvalue weighted by Gasteiger charge is -2.32. The number of carboxylic acid groups (broad SMARTS) is 1. The van der Waals surface area contributed by atoms with E-state index in [9.17, 15) is 24.3 Å². The molecule has 3 unspecified atom stereocenters. The van der Waals surface area contributed by atoms with Crippen LogP contribution in [0.1, 0.15) is 73.3 Å². The molecule has 4 atom stereocenters. The van der Waals surface area contributed by atoms with Crippen molar-refractivity contribution in [2.75, 3.05) is 0 Å². The van der Waals surface area contributed by atoms with Gasteiger partial charge in [0.1, 0.15) is 0 Å². The van der Waals surface area contributed by atoms with Gasteiger partial charge in [0.25, 0.3) is 5.72 Å². The quantitative estimate of drug-likeness (QED) is 0.246. The van der Waals surface area contributed by atoms with Gasteiger partial charge in [0.2, 0.25) is 0 Å². The van der Waals surface area contributed by atoms with E-state index in [2.05, 4.69) is 5.32 Å². The first-order valence-electron chi connectivity index (χ1n) is 11.7. The number of benzene rings is 1. The molecule has 1 aromatic rings. The fourth-order valence-corrected chi connectivity index (χ4v) is 2.91. The molecule has 0 aliphatic carbocycles. The van der Waals surface area contributed by atoms with Crippen LogP contribution in [0.3, 0.4) is 0 Å². The first kappa shape index (κ1) is 29.1. The summed E-state index contributed by atoms with van der Waals surface area (Å²) in [6.45, 7) is 11.9. The smallest absolute Gasteiger partial charge is 0.364 e. The van der Waals surface area contributed by atoms with Gasteiger partial charge < -0.3 is 19.3 Å². The third-order valence-electron chi connectivity index (χ3n) is 5.67. The lowest BCUT2D eigenvalue weighted by molar-refractivity contribution is -0.183.